The van der Waals surface area contributed by atoms with Crippen molar-refractivity contribution in [3.05, 3.63) is 35.6 Å². The molecule has 1 aromatic rings. The summed E-state index contributed by atoms with van der Waals surface area (Å²) in [4.78, 5) is 0. The number of nitrogens with zero attached hydrogens (tertiary/aromatic N) is 1. The molecule has 0 aromatic heterocycles. The van der Waals surface area contributed by atoms with Gasteiger partial charge in [-0.15, -0.1) is 0 Å². The molecule has 0 saturated carbocycles. The van der Waals surface area contributed by atoms with Crippen LogP contribution in [0.15, 0.2) is 24.3 Å². The minimum Gasteiger partial charge on any atom is -0.212 e. The third kappa shape index (κ3) is 3.78. The second-order valence-electron chi connectivity index (χ2n) is 4.41. The first-order chi connectivity index (χ1) is 8.38. The molecule has 0 spiro atoms. The zero-order valence-corrected chi connectivity index (χ0v) is 11.9. The minimum atomic E-state index is -3.24. The summed E-state index contributed by atoms with van der Waals surface area (Å²) in [5.74, 6) is -0.159. The summed E-state index contributed by atoms with van der Waals surface area (Å²) >= 11 is 0. The molecule has 0 saturated heterocycles. The molecule has 1 unspecified atom stereocenters. The molecule has 102 valence electrons. The van der Waals surface area contributed by atoms with E-state index < -0.39 is 10.0 Å². The normalized spacial score (nSPS) is 13.8. The highest BCUT2D eigenvalue weighted by atomic mass is 32.2. The van der Waals surface area contributed by atoms with Crippen LogP contribution in [0.1, 0.15) is 38.3 Å². The van der Waals surface area contributed by atoms with Crippen LogP contribution in [0.25, 0.3) is 0 Å². The summed E-state index contributed by atoms with van der Waals surface area (Å²) in [7, 11) is -1.67. The van der Waals surface area contributed by atoms with Gasteiger partial charge in [-0.1, -0.05) is 25.5 Å². The Morgan fingerprint density at radius 1 is 1.28 bits per heavy atom. The Bertz CT molecular complexity index is 470. The van der Waals surface area contributed by atoms with Crippen molar-refractivity contribution in [3.63, 3.8) is 0 Å². The summed E-state index contributed by atoms with van der Waals surface area (Å²) in [6.07, 6.45) is 1.50. The van der Waals surface area contributed by atoms with E-state index in [1.807, 2.05) is 6.92 Å². The van der Waals surface area contributed by atoms with Gasteiger partial charge in [0.05, 0.1) is 5.75 Å². The van der Waals surface area contributed by atoms with Crippen molar-refractivity contribution in [2.45, 2.75) is 32.7 Å². The monoisotopic (exact) mass is 273 g/mol. The Balaban J connectivity index is 2.83. The average Bonchev–Trinajstić information content (AvgIpc) is 2.35. The van der Waals surface area contributed by atoms with Gasteiger partial charge in [0.1, 0.15) is 5.82 Å². The Labute approximate surface area is 109 Å². The molecule has 0 heterocycles. The van der Waals surface area contributed by atoms with Crippen LogP contribution in [0.3, 0.4) is 0 Å². The lowest BCUT2D eigenvalue weighted by Gasteiger charge is -2.24. The first kappa shape index (κ1) is 15.1. The van der Waals surface area contributed by atoms with Crippen LogP contribution in [0.4, 0.5) is 4.39 Å². The predicted octanol–water partition coefficient (Wildman–Crippen LogP) is 2.95. The second kappa shape index (κ2) is 6.29. The van der Waals surface area contributed by atoms with E-state index in [1.54, 1.807) is 26.1 Å². The van der Waals surface area contributed by atoms with Crippen LogP contribution in [0.5, 0.6) is 0 Å². The number of unbranched alkanes of at least 4 members (excludes halogenated alkanes) is 1. The largest absolute Gasteiger partial charge is 0.214 e. The van der Waals surface area contributed by atoms with Crippen LogP contribution < -0.4 is 0 Å². The van der Waals surface area contributed by atoms with Crippen molar-refractivity contribution >= 4 is 10.0 Å². The Morgan fingerprint density at radius 2 is 1.83 bits per heavy atom. The van der Waals surface area contributed by atoms with E-state index >= 15 is 0 Å². The quantitative estimate of drug-likeness (QED) is 0.799. The lowest BCUT2D eigenvalue weighted by molar-refractivity contribution is 0.397. The van der Waals surface area contributed by atoms with Gasteiger partial charge in [-0.05, 0) is 31.0 Å². The van der Waals surface area contributed by atoms with Crippen molar-refractivity contribution in [2.75, 3.05) is 12.8 Å². The molecule has 1 aromatic carbocycles. The fourth-order valence-corrected chi connectivity index (χ4v) is 3.21. The van der Waals surface area contributed by atoms with Gasteiger partial charge >= 0.3 is 0 Å². The molecular weight excluding hydrogens is 253 g/mol. The minimum absolute atomic E-state index is 0.158. The summed E-state index contributed by atoms with van der Waals surface area (Å²) < 4.78 is 38.2. The third-order valence-electron chi connectivity index (χ3n) is 3.09. The molecule has 18 heavy (non-hydrogen) atoms. The zero-order chi connectivity index (χ0) is 13.8. The molecule has 1 atom stereocenters. The van der Waals surface area contributed by atoms with E-state index in [0.717, 1.165) is 12.0 Å². The lowest BCUT2D eigenvalue weighted by atomic mass is 10.1. The summed E-state index contributed by atoms with van der Waals surface area (Å²) in [5.41, 5.74) is 0.791. The molecule has 1 rings (SSSR count). The maximum absolute atomic E-state index is 12.8. The van der Waals surface area contributed by atoms with Crippen molar-refractivity contribution in [1.29, 1.82) is 0 Å². The molecule has 0 radical (unpaired) electrons. The number of hydrogen-bond acceptors (Lipinski definition) is 2. The Morgan fingerprint density at radius 3 is 2.33 bits per heavy atom. The lowest BCUT2D eigenvalue weighted by Crippen LogP contribution is -2.31. The van der Waals surface area contributed by atoms with Crippen LogP contribution in [0.2, 0.25) is 0 Å². The van der Waals surface area contributed by atoms with Gasteiger partial charge < -0.3 is 0 Å². The molecule has 3 nitrogen and oxygen atoms in total. The molecule has 0 aliphatic heterocycles. The highest BCUT2D eigenvalue weighted by Gasteiger charge is 2.23. The smallest absolute Gasteiger partial charge is 0.212 e. The van der Waals surface area contributed by atoms with Gasteiger partial charge in [0.25, 0.3) is 0 Å². The van der Waals surface area contributed by atoms with Crippen molar-refractivity contribution in [3.8, 4) is 0 Å². The van der Waals surface area contributed by atoms with Crippen molar-refractivity contribution in [1.82, 2.24) is 4.31 Å². The fraction of sp³-hybridized carbons (Fsp3) is 0.538. The van der Waals surface area contributed by atoms with E-state index in [1.165, 1.54) is 16.4 Å². The number of rotatable bonds is 6. The van der Waals surface area contributed by atoms with Gasteiger partial charge in [0, 0.05) is 13.1 Å². The SMILES string of the molecule is CCCCS(=O)(=O)N(C)C(C)c1ccc(F)cc1. The molecule has 0 bridgehead atoms. The maximum atomic E-state index is 12.8. The van der Waals surface area contributed by atoms with Crippen LogP contribution >= 0.6 is 0 Å². The van der Waals surface area contributed by atoms with Gasteiger partial charge in [-0.3, -0.25) is 0 Å². The van der Waals surface area contributed by atoms with Gasteiger partial charge in [0.2, 0.25) is 10.0 Å². The highest BCUT2D eigenvalue weighted by Crippen LogP contribution is 2.22. The average molecular weight is 273 g/mol. The molecule has 0 fully saturated rings. The Kier molecular flexibility index (Phi) is 5.28. The van der Waals surface area contributed by atoms with Crippen LogP contribution in [0, 0.1) is 5.82 Å². The number of halogens is 1. The van der Waals surface area contributed by atoms with E-state index in [9.17, 15) is 12.8 Å². The van der Waals surface area contributed by atoms with Crippen LogP contribution in [-0.4, -0.2) is 25.5 Å². The van der Waals surface area contributed by atoms with Crippen molar-refractivity contribution in [2.24, 2.45) is 0 Å². The topological polar surface area (TPSA) is 37.4 Å². The standard InChI is InChI=1S/C13H20FNO2S/c1-4-5-10-18(16,17)15(3)11(2)12-6-8-13(14)9-7-12/h6-9,11H,4-5,10H2,1-3H3. The zero-order valence-electron chi connectivity index (χ0n) is 11.1. The first-order valence-corrected chi connectivity index (χ1v) is 7.70. The summed E-state index contributed by atoms with van der Waals surface area (Å²) in [6, 6.07) is 5.64. The number of hydrogen-bond donors (Lipinski definition) is 0. The molecular formula is C13H20FNO2S. The summed E-state index contributed by atoms with van der Waals surface area (Å²) in [6.45, 7) is 3.76. The maximum Gasteiger partial charge on any atom is 0.214 e. The second-order valence-corrected chi connectivity index (χ2v) is 6.56. The van der Waals surface area contributed by atoms with E-state index in [2.05, 4.69) is 0 Å². The molecule has 0 aliphatic carbocycles. The number of sulfonamides is 1. The van der Waals surface area contributed by atoms with Gasteiger partial charge in [-0.25, -0.2) is 12.8 Å². The highest BCUT2D eigenvalue weighted by molar-refractivity contribution is 7.89. The van der Waals surface area contributed by atoms with Gasteiger partial charge in [-0.2, -0.15) is 4.31 Å². The molecule has 0 amide bonds. The van der Waals surface area contributed by atoms with Crippen LogP contribution in [-0.2, 0) is 10.0 Å². The van der Waals surface area contributed by atoms with Crippen molar-refractivity contribution < 1.29 is 12.8 Å². The van der Waals surface area contributed by atoms with E-state index in [-0.39, 0.29) is 17.6 Å². The molecule has 0 N–H and O–H groups in total. The first-order valence-electron chi connectivity index (χ1n) is 6.09. The third-order valence-corrected chi connectivity index (χ3v) is 5.09. The summed E-state index contributed by atoms with van der Waals surface area (Å²) in [5, 5.41) is 0. The van der Waals surface area contributed by atoms with E-state index in [4.69, 9.17) is 0 Å². The Hall–Kier alpha value is -0.940. The fourth-order valence-electron chi connectivity index (χ4n) is 1.66. The predicted molar refractivity (Wildman–Crippen MR) is 71.3 cm³/mol. The van der Waals surface area contributed by atoms with Gasteiger partial charge in [0.15, 0.2) is 0 Å². The molecule has 0 aliphatic rings. The van der Waals surface area contributed by atoms with E-state index in [0.29, 0.717) is 6.42 Å². The molecule has 5 heteroatoms. The number of benzene rings is 1.